The molecular weight excluding hydrogens is 499 g/mol. The Bertz CT molecular complexity index is 1440. The molecule has 1 aliphatic rings. The molecule has 5 rings (SSSR count). The van der Waals surface area contributed by atoms with E-state index < -0.39 is 18.7 Å². The van der Waals surface area contributed by atoms with Gasteiger partial charge < -0.3 is 10.0 Å². The number of alkyl halides is 5. The zero-order valence-corrected chi connectivity index (χ0v) is 19.0. The molecule has 1 N–H and O–H groups in total. The number of rotatable bonds is 5. The zero-order valence-electron chi connectivity index (χ0n) is 19.0. The van der Waals surface area contributed by atoms with Crippen LogP contribution in [0.15, 0.2) is 67.0 Å². The Kier molecular flexibility index (Phi) is 7.18. The lowest BCUT2D eigenvalue weighted by Gasteiger charge is -2.16. The third-order valence-electron chi connectivity index (χ3n) is 5.72. The van der Waals surface area contributed by atoms with Crippen molar-refractivity contribution in [2.45, 2.75) is 25.7 Å². The van der Waals surface area contributed by atoms with Gasteiger partial charge in [0.05, 0.1) is 16.6 Å². The zero-order chi connectivity index (χ0) is 26.7. The highest BCUT2D eigenvalue weighted by molar-refractivity contribution is 6.04. The third kappa shape index (κ3) is 5.42. The molecule has 0 aliphatic carbocycles. The van der Waals surface area contributed by atoms with Gasteiger partial charge in [-0.15, -0.1) is 0 Å². The minimum atomic E-state index is -5.08. The number of hydrogen-bond donors (Lipinski definition) is 1. The molecular formula is C25H19F5N4O3. The number of fused-ring (bicyclic) bond motifs is 2. The molecule has 2 aromatic carbocycles. The first-order valence-corrected chi connectivity index (χ1v) is 10.9. The van der Waals surface area contributed by atoms with Crippen LogP contribution in [0.5, 0.6) is 0 Å². The molecule has 0 bridgehead atoms. The molecule has 1 amide bonds. The maximum Gasteiger partial charge on any atom is 0.490 e. The van der Waals surface area contributed by atoms with Crippen molar-refractivity contribution in [3.63, 3.8) is 0 Å². The van der Waals surface area contributed by atoms with Gasteiger partial charge in [0, 0.05) is 31.9 Å². The number of pyridine rings is 1. The van der Waals surface area contributed by atoms with Crippen molar-refractivity contribution < 1.29 is 36.6 Å². The molecule has 2 aromatic heterocycles. The number of carbonyl (C=O) groups excluding carboxylic acids is 1. The van der Waals surface area contributed by atoms with E-state index in [1.165, 1.54) is 0 Å². The maximum atomic E-state index is 13.7. The minimum absolute atomic E-state index is 0.0860. The maximum absolute atomic E-state index is 13.7. The second-order valence-electron chi connectivity index (χ2n) is 8.02. The van der Waals surface area contributed by atoms with Crippen LogP contribution in [0.2, 0.25) is 0 Å². The lowest BCUT2D eigenvalue weighted by Crippen LogP contribution is -2.27. The summed E-state index contributed by atoms with van der Waals surface area (Å²) >= 11 is 0. The van der Waals surface area contributed by atoms with Crippen molar-refractivity contribution in [2.75, 3.05) is 6.54 Å². The van der Waals surface area contributed by atoms with Gasteiger partial charge in [0.25, 0.3) is 5.91 Å². The van der Waals surface area contributed by atoms with Gasteiger partial charge in [0.2, 0.25) is 0 Å². The first-order valence-electron chi connectivity index (χ1n) is 10.9. The molecule has 0 spiro atoms. The molecule has 192 valence electrons. The summed E-state index contributed by atoms with van der Waals surface area (Å²) in [5, 5.41) is 7.12. The number of amides is 1. The Morgan fingerprint density at radius 1 is 1.03 bits per heavy atom. The topological polar surface area (TPSA) is 88.3 Å². The van der Waals surface area contributed by atoms with E-state index in [9.17, 15) is 26.7 Å². The molecule has 4 aromatic rings. The van der Waals surface area contributed by atoms with Gasteiger partial charge in [-0.3, -0.25) is 14.3 Å². The lowest BCUT2D eigenvalue weighted by atomic mass is 9.97. The second kappa shape index (κ2) is 10.3. The van der Waals surface area contributed by atoms with Crippen molar-refractivity contribution in [3.05, 3.63) is 83.9 Å². The van der Waals surface area contributed by atoms with E-state index in [-0.39, 0.29) is 18.2 Å². The van der Waals surface area contributed by atoms with E-state index in [1.807, 2.05) is 30.3 Å². The number of para-hydroxylation sites is 2. The SMILES string of the molecule is O=C(O)C(F)(F)F.O=C1c2c(cccc2-c2ccncc2)CN1CCc1nc2ccccc2n1C(F)F. The van der Waals surface area contributed by atoms with Gasteiger partial charge in [-0.1, -0.05) is 30.3 Å². The largest absolute Gasteiger partial charge is 0.490 e. The van der Waals surface area contributed by atoms with Crippen LogP contribution in [-0.2, 0) is 17.8 Å². The summed E-state index contributed by atoms with van der Waals surface area (Å²) < 4.78 is 60.0. The number of imidazole rings is 1. The standard InChI is InChI=1S/C23H18F2N4O.C2HF3O2/c24-23(25)29-19-7-2-1-6-18(19)27-20(29)10-13-28-14-16-4-3-5-17(21(16)22(28)30)15-8-11-26-12-9-15;3-2(4,5)1(6)7/h1-9,11-12,23H,10,13-14H2;(H,6,7). The number of carbonyl (C=O) groups is 2. The first kappa shape index (κ1) is 25.7. The summed E-state index contributed by atoms with van der Waals surface area (Å²) in [6, 6.07) is 16.4. The van der Waals surface area contributed by atoms with Crippen molar-refractivity contribution in [2.24, 2.45) is 0 Å². The molecule has 0 saturated heterocycles. The van der Waals surface area contributed by atoms with Crippen LogP contribution in [0.25, 0.3) is 22.2 Å². The summed E-state index contributed by atoms with van der Waals surface area (Å²) in [5.41, 5.74) is 4.34. The highest BCUT2D eigenvalue weighted by atomic mass is 19.4. The Labute approximate surface area is 206 Å². The average molecular weight is 518 g/mol. The van der Waals surface area contributed by atoms with Gasteiger partial charge in [0.1, 0.15) is 5.82 Å². The van der Waals surface area contributed by atoms with Crippen LogP contribution in [-0.4, -0.2) is 49.1 Å². The Morgan fingerprint density at radius 3 is 2.35 bits per heavy atom. The monoisotopic (exact) mass is 518 g/mol. The first-order chi connectivity index (χ1) is 17.6. The van der Waals surface area contributed by atoms with E-state index in [4.69, 9.17) is 9.90 Å². The summed E-state index contributed by atoms with van der Waals surface area (Å²) in [4.78, 5) is 32.1. The number of halogens is 5. The smallest absolute Gasteiger partial charge is 0.475 e. The fourth-order valence-corrected chi connectivity index (χ4v) is 4.10. The fourth-order valence-electron chi connectivity index (χ4n) is 4.10. The van der Waals surface area contributed by atoms with Crippen molar-refractivity contribution in [1.82, 2.24) is 19.4 Å². The van der Waals surface area contributed by atoms with Crippen LogP contribution in [0.3, 0.4) is 0 Å². The van der Waals surface area contributed by atoms with E-state index in [0.717, 1.165) is 21.3 Å². The van der Waals surface area contributed by atoms with Gasteiger partial charge >= 0.3 is 18.7 Å². The molecule has 1 aliphatic heterocycles. The summed E-state index contributed by atoms with van der Waals surface area (Å²) in [7, 11) is 0. The average Bonchev–Trinajstić information content (AvgIpc) is 3.40. The number of carboxylic acid groups (broad SMARTS) is 1. The Balaban J connectivity index is 0.000000405. The van der Waals surface area contributed by atoms with Crippen LogP contribution < -0.4 is 0 Å². The summed E-state index contributed by atoms with van der Waals surface area (Å²) in [5.74, 6) is -2.56. The van der Waals surface area contributed by atoms with Crippen molar-refractivity contribution in [3.8, 4) is 11.1 Å². The molecule has 3 heterocycles. The molecule has 12 heteroatoms. The molecule has 0 fully saturated rings. The minimum Gasteiger partial charge on any atom is -0.475 e. The molecule has 0 unspecified atom stereocenters. The number of carboxylic acids is 1. The van der Waals surface area contributed by atoms with Crippen molar-refractivity contribution in [1.29, 1.82) is 0 Å². The van der Waals surface area contributed by atoms with Crippen LogP contribution in [0.1, 0.15) is 28.3 Å². The third-order valence-corrected chi connectivity index (χ3v) is 5.72. The van der Waals surface area contributed by atoms with E-state index in [0.29, 0.717) is 29.7 Å². The second-order valence-corrected chi connectivity index (χ2v) is 8.02. The predicted molar refractivity (Wildman–Crippen MR) is 123 cm³/mol. The van der Waals surface area contributed by atoms with Gasteiger partial charge in [-0.2, -0.15) is 22.0 Å². The molecule has 0 radical (unpaired) electrons. The molecule has 37 heavy (non-hydrogen) atoms. The van der Waals surface area contributed by atoms with E-state index in [1.54, 1.807) is 41.6 Å². The lowest BCUT2D eigenvalue weighted by molar-refractivity contribution is -0.192. The molecule has 0 saturated carbocycles. The summed E-state index contributed by atoms with van der Waals surface area (Å²) in [6.45, 7) is -1.90. The fraction of sp³-hybridized carbons (Fsp3) is 0.200. The van der Waals surface area contributed by atoms with Crippen LogP contribution in [0.4, 0.5) is 22.0 Å². The molecule has 7 nitrogen and oxygen atoms in total. The van der Waals surface area contributed by atoms with Gasteiger partial charge in [0.15, 0.2) is 0 Å². The van der Waals surface area contributed by atoms with Crippen molar-refractivity contribution >= 4 is 22.9 Å². The van der Waals surface area contributed by atoms with E-state index in [2.05, 4.69) is 9.97 Å². The quantitative estimate of drug-likeness (QED) is 0.361. The van der Waals surface area contributed by atoms with Gasteiger partial charge in [-0.05, 0) is 41.0 Å². The Hall–Kier alpha value is -4.35. The number of hydrogen-bond acceptors (Lipinski definition) is 4. The number of nitrogens with zero attached hydrogens (tertiary/aromatic N) is 4. The molecule has 0 atom stereocenters. The highest BCUT2D eigenvalue weighted by Crippen LogP contribution is 2.33. The normalized spacial score (nSPS) is 13.0. The number of aliphatic carboxylic acids is 1. The van der Waals surface area contributed by atoms with E-state index >= 15 is 0 Å². The summed E-state index contributed by atoms with van der Waals surface area (Å²) in [6.07, 6.45) is -1.44. The number of aromatic nitrogens is 3. The highest BCUT2D eigenvalue weighted by Gasteiger charge is 2.38. The van der Waals surface area contributed by atoms with Gasteiger partial charge in [-0.25, -0.2) is 9.78 Å². The Morgan fingerprint density at radius 2 is 1.70 bits per heavy atom. The predicted octanol–water partition coefficient (Wildman–Crippen LogP) is 5.33. The number of benzene rings is 2. The van der Waals surface area contributed by atoms with Crippen LogP contribution >= 0.6 is 0 Å². The van der Waals surface area contributed by atoms with Crippen LogP contribution in [0, 0.1) is 0 Å².